The summed E-state index contributed by atoms with van der Waals surface area (Å²) in [6.07, 6.45) is 2.64. The molecule has 0 aromatic carbocycles. The van der Waals surface area contributed by atoms with Crippen molar-refractivity contribution in [2.75, 3.05) is 12.3 Å². The van der Waals surface area contributed by atoms with Gasteiger partial charge in [0.25, 0.3) is 0 Å². The third kappa shape index (κ3) is 2.61. The van der Waals surface area contributed by atoms with E-state index in [0.29, 0.717) is 11.8 Å². The van der Waals surface area contributed by atoms with E-state index in [9.17, 15) is 0 Å². The minimum Gasteiger partial charge on any atom is -0.370 e. The molecule has 2 atom stereocenters. The maximum Gasteiger partial charge on any atom is 0.0922 e. The van der Waals surface area contributed by atoms with Crippen LogP contribution >= 0.6 is 11.8 Å². The van der Waals surface area contributed by atoms with Crippen molar-refractivity contribution >= 4 is 11.8 Å². The van der Waals surface area contributed by atoms with Crippen LogP contribution < -0.4 is 5.73 Å². The summed E-state index contributed by atoms with van der Waals surface area (Å²) in [7, 11) is 0. The van der Waals surface area contributed by atoms with Crippen LogP contribution in [0.4, 0.5) is 0 Å². The van der Waals surface area contributed by atoms with Crippen molar-refractivity contribution in [2.24, 2.45) is 5.73 Å². The summed E-state index contributed by atoms with van der Waals surface area (Å²) >= 11 is 1.99. The van der Waals surface area contributed by atoms with Gasteiger partial charge >= 0.3 is 0 Å². The van der Waals surface area contributed by atoms with Crippen molar-refractivity contribution in [3.8, 4) is 0 Å². The van der Waals surface area contributed by atoms with Gasteiger partial charge in [0.2, 0.25) is 0 Å². The molecule has 0 spiro atoms. The predicted octanol–water partition coefficient (Wildman–Crippen LogP) is 2.02. The number of thioether (sulfide) groups is 1. The Hall–Kier alpha value is 0.270. The second-order valence-electron chi connectivity index (χ2n) is 4.05. The van der Waals surface area contributed by atoms with Crippen LogP contribution in [0.2, 0.25) is 0 Å². The van der Waals surface area contributed by atoms with Gasteiger partial charge in [0.15, 0.2) is 0 Å². The number of nitrogens with two attached hydrogens (primary N) is 1. The molecule has 0 aromatic heterocycles. The molecule has 3 heteroatoms. The third-order valence-corrected chi connectivity index (χ3v) is 4.12. The molecule has 2 nitrogen and oxygen atoms in total. The molecule has 13 heavy (non-hydrogen) atoms. The second-order valence-corrected chi connectivity index (χ2v) is 5.50. The van der Waals surface area contributed by atoms with E-state index in [4.69, 9.17) is 10.5 Å². The van der Waals surface area contributed by atoms with Gasteiger partial charge in [-0.3, -0.25) is 0 Å². The van der Waals surface area contributed by atoms with Gasteiger partial charge in [0.05, 0.1) is 11.7 Å². The van der Waals surface area contributed by atoms with Crippen molar-refractivity contribution in [1.29, 1.82) is 0 Å². The molecule has 0 bridgehead atoms. The standard InChI is InChI=1S/C10H21NOS/c1-8(2)12-10(7-11)5-4-6-13-9(10)3/h8-9H,4-7,11H2,1-3H3. The quantitative estimate of drug-likeness (QED) is 0.762. The fraction of sp³-hybridized carbons (Fsp3) is 1.00. The molecule has 0 radical (unpaired) electrons. The van der Waals surface area contributed by atoms with E-state index in [2.05, 4.69) is 20.8 Å². The highest BCUT2D eigenvalue weighted by molar-refractivity contribution is 8.00. The Kier molecular flexibility index (Phi) is 4.07. The summed E-state index contributed by atoms with van der Waals surface area (Å²) in [4.78, 5) is 0. The molecule has 1 heterocycles. The molecule has 1 aliphatic rings. The lowest BCUT2D eigenvalue weighted by Crippen LogP contribution is -2.51. The largest absolute Gasteiger partial charge is 0.370 e. The Morgan fingerprint density at radius 1 is 1.62 bits per heavy atom. The summed E-state index contributed by atoms with van der Waals surface area (Å²) in [5, 5.41) is 0.536. The zero-order chi connectivity index (χ0) is 9.90. The molecule has 1 fully saturated rings. The first-order valence-electron chi connectivity index (χ1n) is 5.10. The Labute approximate surface area is 85.6 Å². The van der Waals surface area contributed by atoms with Crippen LogP contribution in [0.5, 0.6) is 0 Å². The molecular weight excluding hydrogens is 182 g/mol. The lowest BCUT2D eigenvalue weighted by atomic mass is 9.93. The highest BCUT2D eigenvalue weighted by atomic mass is 32.2. The average Bonchev–Trinajstić information content (AvgIpc) is 2.08. The molecule has 1 aliphatic heterocycles. The van der Waals surface area contributed by atoms with Gasteiger partial charge in [-0.25, -0.2) is 0 Å². The van der Waals surface area contributed by atoms with Gasteiger partial charge in [-0.2, -0.15) is 11.8 Å². The second kappa shape index (κ2) is 4.67. The average molecular weight is 203 g/mol. The summed E-state index contributed by atoms with van der Waals surface area (Å²) in [5.41, 5.74) is 5.78. The van der Waals surface area contributed by atoms with Crippen LogP contribution in [0.25, 0.3) is 0 Å². The highest BCUT2D eigenvalue weighted by Crippen LogP contribution is 2.36. The fourth-order valence-electron chi connectivity index (χ4n) is 1.93. The maximum absolute atomic E-state index is 5.99. The third-order valence-electron chi connectivity index (χ3n) is 2.67. The molecule has 2 N–H and O–H groups in total. The van der Waals surface area contributed by atoms with Gasteiger partial charge in [-0.1, -0.05) is 6.92 Å². The van der Waals surface area contributed by atoms with Gasteiger partial charge < -0.3 is 10.5 Å². The minimum absolute atomic E-state index is 0.0584. The Morgan fingerprint density at radius 2 is 2.31 bits per heavy atom. The zero-order valence-electron chi connectivity index (χ0n) is 8.88. The van der Waals surface area contributed by atoms with Crippen molar-refractivity contribution < 1.29 is 4.74 Å². The molecule has 1 rings (SSSR count). The fourth-order valence-corrected chi connectivity index (χ4v) is 3.16. The van der Waals surface area contributed by atoms with E-state index in [0.717, 1.165) is 6.42 Å². The minimum atomic E-state index is -0.0584. The van der Waals surface area contributed by atoms with Crippen molar-refractivity contribution in [1.82, 2.24) is 0 Å². The molecule has 0 saturated carbocycles. The van der Waals surface area contributed by atoms with E-state index >= 15 is 0 Å². The monoisotopic (exact) mass is 203 g/mol. The maximum atomic E-state index is 5.99. The molecule has 78 valence electrons. The normalized spacial score (nSPS) is 35.3. The van der Waals surface area contributed by atoms with Crippen molar-refractivity contribution in [3.05, 3.63) is 0 Å². The van der Waals surface area contributed by atoms with E-state index in [1.165, 1.54) is 12.2 Å². The van der Waals surface area contributed by atoms with Gasteiger partial charge in [0, 0.05) is 11.8 Å². The SMILES string of the molecule is CC(C)OC1(CN)CCCSC1C. The summed E-state index contributed by atoms with van der Waals surface area (Å²) in [6, 6.07) is 0. The van der Waals surface area contributed by atoms with E-state index < -0.39 is 0 Å². The van der Waals surface area contributed by atoms with Crippen LogP contribution in [0.15, 0.2) is 0 Å². The Morgan fingerprint density at radius 3 is 2.77 bits per heavy atom. The topological polar surface area (TPSA) is 35.2 Å². The molecule has 0 amide bonds. The lowest BCUT2D eigenvalue weighted by Gasteiger charge is -2.42. The predicted molar refractivity (Wildman–Crippen MR) is 59.2 cm³/mol. The number of ether oxygens (including phenoxy) is 1. The lowest BCUT2D eigenvalue weighted by molar-refractivity contribution is -0.0796. The molecule has 0 aromatic rings. The van der Waals surface area contributed by atoms with Gasteiger partial charge in [-0.05, 0) is 32.4 Å². The summed E-state index contributed by atoms with van der Waals surface area (Å²) < 4.78 is 5.99. The number of hydrogen-bond donors (Lipinski definition) is 1. The van der Waals surface area contributed by atoms with Crippen molar-refractivity contribution in [2.45, 2.75) is 50.6 Å². The highest BCUT2D eigenvalue weighted by Gasteiger charge is 2.39. The van der Waals surface area contributed by atoms with Crippen LogP contribution in [0.1, 0.15) is 33.6 Å². The van der Waals surface area contributed by atoms with Crippen molar-refractivity contribution in [3.63, 3.8) is 0 Å². The number of rotatable bonds is 3. The van der Waals surface area contributed by atoms with Crippen LogP contribution in [-0.2, 0) is 4.74 Å². The van der Waals surface area contributed by atoms with Gasteiger partial charge in [0.1, 0.15) is 0 Å². The summed E-state index contributed by atoms with van der Waals surface area (Å²) in [6.45, 7) is 7.06. The smallest absolute Gasteiger partial charge is 0.0922 e. The van der Waals surface area contributed by atoms with Crippen LogP contribution in [0.3, 0.4) is 0 Å². The molecule has 0 aliphatic carbocycles. The van der Waals surface area contributed by atoms with Crippen LogP contribution in [-0.4, -0.2) is 29.3 Å². The molecule has 1 saturated heterocycles. The zero-order valence-corrected chi connectivity index (χ0v) is 9.69. The first-order valence-corrected chi connectivity index (χ1v) is 6.15. The number of hydrogen-bond acceptors (Lipinski definition) is 3. The Bertz CT molecular complexity index is 163. The van der Waals surface area contributed by atoms with Gasteiger partial charge in [-0.15, -0.1) is 0 Å². The van der Waals surface area contributed by atoms with Crippen LogP contribution in [0, 0.1) is 0 Å². The molecule has 2 unspecified atom stereocenters. The van der Waals surface area contributed by atoms with E-state index in [1.807, 2.05) is 11.8 Å². The van der Waals surface area contributed by atoms with E-state index in [-0.39, 0.29) is 11.7 Å². The van der Waals surface area contributed by atoms with E-state index in [1.54, 1.807) is 0 Å². The molecular formula is C10H21NOS. The summed E-state index contributed by atoms with van der Waals surface area (Å²) in [5.74, 6) is 1.25. The first kappa shape index (κ1) is 11.3. The first-order chi connectivity index (χ1) is 6.10. The Balaban J connectivity index is 2.64.